The SMILES string of the molecule is CCOc1cc(/C=C(\C#N)C(=O)Nc2ccc(OC)cc2[N+](=O)[O-])ccc1OCc1ccc(Cl)cc1Cl. The number of nitriles is 1. The van der Waals surface area contributed by atoms with Gasteiger partial charge < -0.3 is 19.5 Å². The molecule has 0 radical (unpaired) electrons. The lowest BCUT2D eigenvalue weighted by molar-refractivity contribution is -0.384. The van der Waals surface area contributed by atoms with Gasteiger partial charge in [0.1, 0.15) is 29.7 Å². The van der Waals surface area contributed by atoms with Crippen LogP contribution in [-0.2, 0) is 11.4 Å². The Balaban J connectivity index is 1.83. The van der Waals surface area contributed by atoms with Gasteiger partial charge in [0, 0.05) is 15.6 Å². The van der Waals surface area contributed by atoms with E-state index in [0.29, 0.717) is 33.7 Å². The third-order valence-corrected chi connectivity index (χ3v) is 5.58. The summed E-state index contributed by atoms with van der Waals surface area (Å²) in [5.74, 6) is 0.267. The van der Waals surface area contributed by atoms with E-state index in [-0.39, 0.29) is 29.3 Å². The Bertz CT molecular complexity index is 1400. The van der Waals surface area contributed by atoms with Gasteiger partial charge in [0.15, 0.2) is 11.5 Å². The molecule has 1 amide bonds. The number of anilines is 1. The first-order valence-corrected chi connectivity index (χ1v) is 11.6. The van der Waals surface area contributed by atoms with Crippen LogP contribution in [0.1, 0.15) is 18.1 Å². The quantitative estimate of drug-likeness (QED) is 0.135. The average molecular weight is 542 g/mol. The number of carbonyl (C=O) groups excluding carboxylic acids is 1. The molecule has 0 aliphatic heterocycles. The van der Waals surface area contributed by atoms with Gasteiger partial charge in [-0.1, -0.05) is 35.3 Å². The van der Waals surface area contributed by atoms with E-state index < -0.39 is 10.8 Å². The fraction of sp³-hybridized carbons (Fsp3) is 0.154. The number of rotatable bonds is 10. The van der Waals surface area contributed by atoms with E-state index in [1.165, 1.54) is 31.4 Å². The predicted molar refractivity (Wildman–Crippen MR) is 140 cm³/mol. The molecule has 0 atom stereocenters. The van der Waals surface area contributed by atoms with Crippen LogP contribution in [0.4, 0.5) is 11.4 Å². The van der Waals surface area contributed by atoms with Gasteiger partial charge in [-0.15, -0.1) is 0 Å². The average Bonchev–Trinajstić information content (AvgIpc) is 2.87. The molecule has 3 aromatic carbocycles. The molecule has 3 aromatic rings. The van der Waals surface area contributed by atoms with Crippen LogP contribution >= 0.6 is 23.2 Å². The topological polar surface area (TPSA) is 124 Å². The molecule has 0 saturated heterocycles. The fourth-order valence-electron chi connectivity index (χ4n) is 3.20. The maximum absolute atomic E-state index is 12.7. The fourth-order valence-corrected chi connectivity index (χ4v) is 3.66. The number of amides is 1. The van der Waals surface area contributed by atoms with Crippen molar-refractivity contribution in [1.82, 2.24) is 0 Å². The Morgan fingerprint density at radius 3 is 2.54 bits per heavy atom. The molecule has 11 heteroatoms. The van der Waals surface area contributed by atoms with Gasteiger partial charge in [0.2, 0.25) is 0 Å². The first kappa shape index (κ1) is 27.3. The van der Waals surface area contributed by atoms with Gasteiger partial charge >= 0.3 is 0 Å². The molecule has 0 saturated carbocycles. The van der Waals surface area contributed by atoms with E-state index >= 15 is 0 Å². The number of benzene rings is 3. The summed E-state index contributed by atoms with van der Waals surface area (Å²) in [4.78, 5) is 23.5. The maximum atomic E-state index is 12.7. The van der Waals surface area contributed by atoms with Crippen molar-refractivity contribution in [3.63, 3.8) is 0 Å². The van der Waals surface area contributed by atoms with Crippen molar-refractivity contribution >= 4 is 46.6 Å². The van der Waals surface area contributed by atoms with Crippen molar-refractivity contribution in [2.75, 3.05) is 19.0 Å². The minimum atomic E-state index is -0.813. The molecule has 0 aliphatic carbocycles. The number of nitro groups is 1. The van der Waals surface area contributed by atoms with E-state index in [1.54, 1.807) is 43.3 Å². The van der Waals surface area contributed by atoms with Crippen molar-refractivity contribution in [2.24, 2.45) is 0 Å². The first-order chi connectivity index (χ1) is 17.7. The van der Waals surface area contributed by atoms with Crippen LogP contribution in [-0.4, -0.2) is 24.5 Å². The van der Waals surface area contributed by atoms with Crippen LogP contribution in [0, 0.1) is 21.4 Å². The van der Waals surface area contributed by atoms with Crippen LogP contribution in [0.2, 0.25) is 10.0 Å². The number of nitrogens with one attached hydrogen (secondary N) is 1. The lowest BCUT2D eigenvalue weighted by atomic mass is 10.1. The molecule has 0 bridgehead atoms. The highest BCUT2D eigenvalue weighted by molar-refractivity contribution is 6.35. The van der Waals surface area contributed by atoms with Crippen molar-refractivity contribution in [2.45, 2.75) is 13.5 Å². The molecule has 3 rings (SSSR count). The van der Waals surface area contributed by atoms with Gasteiger partial charge in [-0.05, 0) is 55.0 Å². The normalized spacial score (nSPS) is 10.8. The van der Waals surface area contributed by atoms with E-state index in [1.807, 2.05) is 6.07 Å². The largest absolute Gasteiger partial charge is 0.496 e. The molecule has 1 N–H and O–H groups in total. The summed E-state index contributed by atoms with van der Waals surface area (Å²) in [6, 6.07) is 15.8. The van der Waals surface area contributed by atoms with Crippen LogP contribution in [0.3, 0.4) is 0 Å². The molecule has 190 valence electrons. The summed E-state index contributed by atoms with van der Waals surface area (Å²) in [6.07, 6.45) is 1.34. The van der Waals surface area contributed by atoms with Crippen LogP contribution < -0.4 is 19.5 Å². The second-order valence-electron chi connectivity index (χ2n) is 7.43. The minimum absolute atomic E-state index is 0.0726. The summed E-state index contributed by atoms with van der Waals surface area (Å²) in [6.45, 7) is 2.31. The van der Waals surface area contributed by atoms with Crippen molar-refractivity contribution in [3.8, 4) is 23.3 Å². The van der Waals surface area contributed by atoms with E-state index in [0.717, 1.165) is 5.56 Å². The first-order valence-electron chi connectivity index (χ1n) is 10.8. The summed E-state index contributed by atoms with van der Waals surface area (Å²) in [5, 5.41) is 24.3. The van der Waals surface area contributed by atoms with E-state index in [9.17, 15) is 20.2 Å². The molecule has 0 fully saturated rings. The zero-order valence-electron chi connectivity index (χ0n) is 19.8. The number of ether oxygens (including phenoxy) is 3. The molecule has 0 aliphatic rings. The Morgan fingerprint density at radius 2 is 1.89 bits per heavy atom. The van der Waals surface area contributed by atoms with Crippen LogP contribution in [0.25, 0.3) is 6.08 Å². The number of nitrogens with zero attached hydrogens (tertiary/aromatic N) is 2. The molecule has 0 spiro atoms. The molecule has 37 heavy (non-hydrogen) atoms. The Morgan fingerprint density at radius 1 is 1.11 bits per heavy atom. The smallest absolute Gasteiger partial charge is 0.296 e. The second-order valence-corrected chi connectivity index (χ2v) is 8.27. The summed E-state index contributed by atoms with van der Waals surface area (Å²) in [5.41, 5.74) is 0.501. The van der Waals surface area contributed by atoms with Crippen LogP contribution in [0.5, 0.6) is 17.2 Å². The third-order valence-electron chi connectivity index (χ3n) is 4.99. The highest BCUT2D eigenvalue weighted by Gasteiger charge is 2.19. The third kappa shape index (κ3) is 7.13. The van der Waals surface area contributed by atoms with Crippen molar-refractivity contribution in [3.05, 3.63) is 91.5 Å². The van der Waals surface area contributed by atoms with Gasteiger partial charge in [-0.3, -0.25) is 14.9 Å². The lowest BCUT2D eigenvalue weighted by Crippen LogP contribution is -2.14. The molecule has 0 heterocycles. The number of hydrogen-bond acceptors (Lipinski definition) is 7. The molecular weight excluding hydrogens is 521 g/mol. The highest BCUT2D eigenvalue weighted by Crippen LogP contribution is 2.32. The zero-order valence-corrected chi connectivity index (χ0v) is 21.3. The Kier molecular flexibility index (Phi) is 9.33. The highest BCUT2D eigenvalue weighted by atomic mass is 35.5. The molecule has 0 unspecified atom stereocenters. The predicted octanol–water partition coefficient (Wildman–Crippen LogP) is 6.43. The Labute approximate surface area is 222 Å². The lowest BCUT2D eigenvalue weighted by Gasteiger charge is -2.13. The number of methoxy groups -OCH3 is 1. The standard InChI is InChI=1S/C26H21Cl2N3O6/c1-3-36-25-11-16(4-9-24(25)37-15-17-5-6-19(27)12-21(17)28)10-18(14-29)26(32)30-22-8-7-20(35-2)13-23(22)31(33)34/h4-13H,3,15H2,1-2H3,(H,30,32)/b18-10+. The monoisotopic (exact) mass is 541 g/mol. The van der Waals surface area contributed by atoms with Gasteiger partial charge in [-0.2, -0.15) is 5.26 Å². The summed E-state index contributed by atoms with van der Waals surface area (Å²) in [7, 11) is 1.37. The number of nitro benzene ring substituents is 1. The molecular formula is C26H21Cl2N3O6. The number of halogens is 2. The van der Waals surface area contributed by atoms with Gasteiger partial charge in [0.25, 0.3) is 11.6 Å². The van der Waals surface area contributed by atoms with Gasteiger partial charge in [-0.25, -0.2) is 0 Å². The number of carbonyl (C=O) groups is 1. The van der Waals surface area contributed by atoms with Crippen molar-refractivity contribution < 1.29 is 23.9 Å². The summed E-state index contributed by atoms with van der Waals surface area (Å²) >= 11 is 12.1. The Hall–Kier alpha value is -4.26. The second kappa shape index (κ2) is 12.6. The molecule has 9 nitrogen and oxygen atoms in total. The van der Waals surface area contributed by atoms with Crippen molar-refractivity contribution in [1.29, 1.82) is 5.26 Å². The molecule has 0 aromatic heterocycles. The van der Waals surface area contributed by atoms with E-state index in [4.69, 9.17) is 37.4 Å². The zero-order chi connectivity index (χ0) is 26.9. The minimum Gasteiger partial charge on any atom is -0.496 e. The maximum Gasteiger partial charge on any atom is 0.296 e. The van der Waals surface area contributed by atoms with Gasteiger partial charge in [0.05, 0.1) is 24.7 Å². The van der Waals surface area contributed by atoms with E-state index in [2.05, 4.69) is 5.32 Å². The number of hydrogen-bond donors (Lipinski definition) is 1. The van der Waals surface area contributed by atoms with Crippen LogP contribution in [0.15, 0.2) is 60.2 Å². The summed E-state index contributed by atoms with van der Waals surface area (Å²) < 4.78 is 16.5.